The van der Waals surface area contributed by atoms with E-state index in [1.165, 1.54) is 0 Å². The van der Waals surface area contributed by atoms with Gasteiger partial charge in [-0.25, -0.2) is 4.98 Å². The molecule has 1 atom stereocenters. The summed E-state index contributed by atoms with van der Waals surface area (Å²) in [5.74, 6) is 3.50. The van der Waals surface area contributed by atoms with Crippen LogP contribution in [-0.2, 0) is 11.2 Å². The standard InChI is InChI=1S/C20H24N4O4/c1-25-14-8-13(10-4-5-10)28-18-16(14)11(7-15(26-2)17(18)27-3)6-12-9-23-20(22)24-19(12)21/h7-10,13H,4-6H2,1-3H3,(H4,21,22,23,24). The third kappa shape index (κ3) is 3.15. The molecule has 4 rings (SSSR count). The van der Waals surface area contributed by atoms with E-state index in [1.54, 1.807) is 27.5 Å². The maximum atomic E-state index is 6.34. The first kappa shape index (κ1) is 18.2. The molecule has 0 spiro atoms. The predicted molar refractivity (Wildman–Crippen MR) is 105 cm³/mol. The van der Waals surface area contributed by atoms with Gasteiger partial charge in [-0.15, -0.1) is 0 Å². The van der Waals surface area contributed by atoms with Crippen LogP contribution in [0.1, 0.15) is 29.5 Å². The number of methoxy groups -OCH3 is 3. The van der Waals surface area contributed by atoms with Gasteiger partial charge in [0.2, 0.25) is 11.7 Å². The average Bonchev–Trinajstić information content (AvgIpc) is 3.54. The minimum Gasteiger partial charge on any atom is -0.496 e. The number of anilines is 2. The van der Waals surface area contributed by atoms with Gasteiger partial charge >= 0.3 is 0 Å². The molecule has 1 aliphatic heterocycles. The van der Waals surface area contributed by atoms with Gasteiger partial charge in [-0.3, -0.25) is 0 Å². The molecule has 0 radical (unpaired) electrons. The molecule has 28 heavy (non-hydrogen) atoms. The van der Waals surface area contributed by atoms with E-state index in [2.05, 4.69) is 9.97 Å². The largest absolute Gasteiger partial charge is 0.496 e. The first-order valence-corrected chi connectivity index (χ1v) is 9.13. The van der Waals surface area contributed by atoms with Crippen molar-refractivity contribution in [1.82, 2.24) is 9.97 Å². The lowest BCUT2D eigenvalue weighted by molar-refractivity contribution is 0.200. The molecule has 1 aromatic heterocycles. The van der Waals surface area contributed by atoms with Crippen molar-refractivity contribution in [1.29, 1.82) is 0 Å². The number of benzene rings is 1. The van der Waals surface area contributed by atoms with Gasteiger partial charge in [0.05, 0.1) is 26.9 Å². The van der Waals surface area contributed by atoms with Crippen molar-refractivity contribution < 1.29 is 18.9 Å². The summed E-state index contributed by atoms with van der Waals surface area (Å²) in [6.45, 7) is 0. The van der Waals surface area contributed by atoms with Gasteiger partial charge in [-0.2, -0.15) is 4.98 Å². The van der Waals surface area contributed by atoms with Gasteiger partial charge in [-0.1, -0.05) is 0 Å². The second kappa shape index (κ2) is 7.10. The van der Waals surface area contributed by atoms with Gasteiger partial charge in [0.15, 0.2) is 11.5 Å². The molecule has 0 bridgehead atoms. The number of nitrogens with zero attached hydrogens (tertiary/aromatic N) is 2. The number of rotatable bonds is 6. The smallest absolute Gasteiger partial charge is 0.221 e. The van der Waals surface area contributed by atoms with Crippen molar-refractivity contribution in [3.05, 3.63) is 35.0 Å². The fourth-order valence-corrected chi connectivity index (χ4v) is 3.54. The number of aromatic nitrogens is 2. The Hall–Kier alpha value is -3.16. The van der Waals surface area contributed by atoms with Crippen LogP contribution in [0.25, 0.3) is 5.76 Å². The Bertz CT molecular complexity index is 940. The molecule has 0 amide bonds. The van der Waals surface area contributed by atoms with E-state index in [0.717, 1.165) is 35.3 Å². The van der Waals surface area contributed by atoms with Crippen LogP contribution in [0.4, 0.5) is 11.8 Å². The summed E-state index contributed by atoms with van der Waals surface area (Å²) < 4.78 is 23.2. The highest BCUT2D eigenvalue weighted by Gasteiger charge is 2.38. The Labute approximate surface area is 163 Å². The van der Waals surface area contributed by atoms with E-state index in [0.29, 0.717) is 35.4 Å². The lowest BCUT2D eigenvalue weighted by Gasteiger charge is -2.29. The fraction of sp³-hybridized carbons (Fsp3) is 0.400. The summed E-state index contributed by atoms with van der Waals surface area (Å²) in [5.41, 5.74) is 14.2. The van der Waals surface area contributed by atoms with Gasteiger partial charge in [0, 0.05) is 18.2 Å². The second-order valence-electron chi connectivity index (χ2n) is 6.95. The molecule has 1 unspecified atom stereocenters. The van der Waals surface area contributed by atoms with Crippen molar-refractivity contribution in [2.24, 2.45) is 5.92 Å². The van der Waals surface area contributed by atoms with E-state index in [9.17, 15) is 0 Å². The van der Waals surface area contributed by atoms with E-state index in [-0.39, 0.29) is 12.1 Å². The van der Waals surface area contributed by atoms with Crippen LogP contribution in [0.5, 0.6) is 17.2 Å². The van der Waals surface area contributed by atoms with Gasteiger partial charge in [0.25, 0.3) is 0 Å². The predicted octanol–water partition coefficient (Wildman–Crippen LogP) is 2.41. The maximum Gasteiger partial charge on any atom is 0.221 e. The molecular formula is C20H24N4O4. The highest BCUT2D eigenvalue weighted by atomic mass is 16.5. The highest BCUT2D eigenvalue weighted by Crippen LogP contribution is 2.50. The molecule has 8 heteroatoms. The van der Waals surface area contributed by atoms with E-state index in [4.69, 9.17) is 30.4 Å². The zero-order chi connectivity index (χ0) is 19.8. The zero-order valence-electron chi connectivity index (χ0n) is 16.2. The lowest BCUT2D eigenvalue weighted by atomic mass is 9.94. The van der Waals surface area contributed by atoms with Gasteiger partial charge in [-0.05, 0) is 36.5 Å². The van der Waals surface area contributed by atoms with Crippen LogP contribution >= 0.6 is 0 Å². The monoisotopic (exact) mass is 384 g/mol. The van der Waals surface area contributed by atoms with Crippen LogP contribution in [0.3, 0.4) is 0 Å². The van der Waals surface area contributed by atoms with Crippen molar-refractivity contribution in [3.63, 3.8) is 0 Å². The minimum atomic E-state index is -0.0405. The average molecular weight is 384 g/mol. The van der Waals surface area contributed by atoms with E-state index in [1.807, 2.05) is 12.1 Å². The first-order chi connectivity index (χ1) is 13.5. The third-order valence-electron chi connectivity index (χ3n) is 5.13. The summed E-state index contributed by atoms with van der Waals surface area (Å²) in [5, 5.41) is 0. The molecular weight excluding hydrogens is 360 g/mol. The second-order valence-corrected chi connectivity index (χ2v) is 6.95. The number of nitrogens with two attached hydrogens (primary N) is 2. The molecule has 4 N–H and O–H groups in total. The number of hydrogen-bond acceptors (Lipinski definition) is 8. The normalized spacial score (nSPS) is 18.0. The van der Waals surface area contributed by atoms with Crippen LogP contribution in [0, 0.1) is 5.92 Å². The summed E-state index contributed by atoms with van der Waals surface area (Å²) >= 11 is 0. The molecule has 1 aliphatic carbocycles. The Morgan fingerprint density at radius 2 is 1.89 bits per heavy atom. The van der Waals surface area contributed by atoms with Crippen LogP contribution in [0.2, 0.25) is 0 Å². The summed E-state index contributed by atoms with van der Waals surface area (Å²) in [7, 11) is 4.86. The van der Waals surface area contributed by atoms with Crippen LogP contribution in [-0.4, -0.2) is 37.4 Å². The Morgan fingerprint density at radius 1 is 1.11 bits per heavy atom. The summed E-state index contributed by atoms with van der Waals surface area (Å²) in [6.07, 6.45) is 6.39. The molecule has 1 fully saturated rings. The highest BCUT2D eigenvalue weighted by molar-refractivity contribution is 5.77. The van der Waals surface area contributed by atoms with E-state index < -0.39 is 0 Å². The minimum absolute atomic E-state index is 0.0405. The Morgan fingerprint density at radius 3 is 2.50 bits per heavy atom. The Kier molecular flexibility index (Phi) is 4.62. The summed E-state index contributed by atoms with van der Waals surface area (Å²) in [6, 6.07) is 1.90. The molecule has 2 heterocycles. The van der Waals surface area contributed by atoms with Crippen LogP contribution in [0.15, 0.2) is 18.3 Å². The van der Waals surface area contributed by atoms with Crippen LogP contribution < -0.4 is 25.7 Å². The molecule has 2 aromatic rings. The van der Waals surface area contributed by atoms with Gasteiger partial charge in [0.1, 0.15) is 17.7 Å². The van der Waals surface area contributed by atoms with Crippen molar-refractivity contribution >= 4 is 17.5 Å². The molecule has 2 aliphatic rings. The van der Waals surface area contributed by atoms with Crippen molar-refractivity contribution in [2.75, 3.05) is 32.8 Å². The molecule has 1 aromatic carbocycles. The number of hydrogen-bond donors (Lipinski definition) is 2. The number of nitrogen functional groups attached to an aromatic ring is 2. The zero-order valence-corrected chi connectivity index (χ0v) is 16.2. The third-order valence-corrected chi connectivity index (χ3v) is 5.13. The molecule has 0 saturated heterocycles. The number of fused-ring (bicyclic) bond motifs is 1. The molecule has 148 valence electrons. The van der Waals surface area contributed by atoms with Crippen molar-refractivity contribution in [2.45, 2.75) is 25.4 Å². The van der Waals surface area contributed by atoms with Gasteiger partial charge < -0.3 is 30.4 Å². The molecule has 8 nitrogen and oxygen atoms in total. The topological polar surface area (TPSA) is 115 Å². The van der Waals surface area contributed by atoms with Crippen molar-refractivity contribution in [3.8, 4) is 17.2 Å². The SMILES string of the molecule is COC1=CC(C2CC2)Oc2c(OC)c(OC)cc(Cc3cnc(N)nc3N)c21. The quantitative estimate of drug-likeness (QED) is 0.780. The first-order valence-electron chi connectivity index (χ1n) is 9.13. The lowest BCUT2D eigenvalue weighted by Crippen LogP contribution is -2.23. The van der Waals surface area contributed by atoms with E-state index >= 15 is 0 Å². The summed E-state index contributed by atoms with van der Waals surface area (Å²) in [4.78, 5) is 8.11. The maximum absolute atomic E-state index is 6.34. The number of ether oxygens (including phenoxy) is 4. The molecule has 1 saturated carbocycles. The Balaban J connectivity index is 1.86. The fourth-order valence-electron chi connectivity index (χ4n) is 3.54.